The molecule has 0 bridgehead atoms. The molecule has 1 rings (SSSR count). The molecule has 1 unspecified atom stereocenters. The van der Waals surface area contributed by atoms with Gasteiger partial charge in [0.2, 0.25) is 5.91 Å². The monoisotopic (exact) mass is 267 g/mol. The third-order valence-electron chi connectivity index (χ3n) is 2.47. The van der Waals surface area contributed by atoms with Crippen molar-refractivity contribution in [1.82, 2.24) is 5.32 Å². The van der Waals surface area contributed by atoms with Gasteiger partial charge in [-0.05, 0) is 18.7 Å². The van der Waals surface area contributed by atoms with Crippen molar-refractivity contribution in [2.24, 2.45) is 0 Å². The van der Waals surface area contributed by atoms with Crippen molar-refractivity contribution in [1.29, 1.82) is 0 Å². The molecule has 0 heterocycles. The van der Waals surface area contributed by atoms with Gasteiger partial charge in [0.25, 0.3) is 0 Å². The molecule has 4 nitrogen and oxygen atoms in total. The van der Waals surface area contributed by atoms with Crippen LogP contribution in [0.1, 0.15) is 23.6 Å². The fourth-order valence-corrected chi connectivity index (χ4v) is 1.94. The van der Waals surface area contributed by atoms with Gasteiger partial charge in [-0.15, -0.1) is 0 Å². The molecule has 0 radical (unpaired) electrons. The van der Waals surface area contributed by atoms with E-state index in [1.165, 1.54) is 11.8 Å². The van der Waals surface area contributed by atoms with Crippen molar-refractivity contribution in [3.8, 4) is 0 Å². The van der Waals surface area contributed by atoms with Gasteiger partial charge >= 0.3 is 5.97 Å². The van der Waals surface area contributed by atoms with Crippen molar-refractivity contribution in [2.75, 3.05) is 12.0 Å². The maximum atomic E-state index is 11.6. The number of benzene rings is 1. The lowest BCUT2D eigenvalue weighted by atomic mass is 10.0. The van der Waals surface area contributed by atoms with E-state index < -0.39 is 12.0 Å². The van der Waals surface area contributed by atoms with Crippen molar-refractivity contribution in [3.63, 3.8) is 0 Å². The van der Waals surface area contributed by atoms with E-state index >= 15 is 0 Å². The largest absolute Gasteiger partial charge is 0.481 e. The molecule has 0 aliphatic carbocycles. The predicted octanol–water partition coefficient (Wildman–Crippen LogP) is 1.99. The van der Waals surface area contributed by atoms with Gasteiger partial charge in [-0.2, -0.15) is 11.8 Å². The fourth-order valence-electron chi connectivity index (χ4n) is 1.59. The topological polar surface area (TPSA) is 66.4 Å². The first-order chi connectivity index (χ1) is 8.52. The van der Waals surface area contributed by atoms with Crippen molar-refractivity contribution in [2.45, 2.75) is 19.4 Å². The summed E-state index contributed by atoms with van der Waals surface area (Å²) in [4.78, 5) is 22.4. The number of hydrogen-bond donors (Lipinski definition) is 2. The Hall–Kier alpha value is -1.49. The molecule has 1 amide bonds. The Kier molecular flexibility index (Phi) is 5.71. The van der Waals surface area contributed by atoms with Gasteiger partial charge in [0.1, 0.15) is 0 Å². The summed E-state index contributed by atoms with van der Waals surface area (Å²) in [6.45, 7) is 1.96. The number of nitrogens with one attached hydrogen (secondary N) is 1. The molecule has 2 N–H and O–H groups in total. The number of carbonyl (C=O) groups is 2. The van der Waals surface area contributed by atoms with E-state index in [2.05, 4.69) is 5.32 Å². The number of amides is 1. The van der Waals surface area contributed by atoms with Gasteiger partial charge in [-0.25, -0.2) is 0 Å². The van der Waals surface area contributed by atoms with Crippen molar-refractivity contribution < 1.29 is 14.7 Å². The van der Waals surface area contributed by atoms with Crippen LogP contribution in [0.5, 0.6) is 0 Å². The molecule has 1 atom stereocenters. The highest BCUT2D eigenvalue weighted by Crippen LogP contribution is 2.17. The minimum absolute atomic E-state index is 0.108. The summed E-state index contributed by atoms with van der Waals surface area (Å²) < 4.78 is 0. The first-order valence-corrected chi connectivity index (χ1v) is 6.99. The molecule has 1 aromatic rings. The number of carbonyl (C=O) groups excluding carboxylic acids is 1. The number of thioether (sulfide) groups is 1. The van der Waals surface area contributed by atoms with Crippen LogP contribution in [0.25, 0.3) is 0 Å². The van der Waals surface area contributed by atoms with Crippen LogP contribution in [0.2, 0.25) is 0 Å². The smallest absolute Gasteiger partial charge is 0.305 e. The lowest BCUT2D eigenvalue weighted by Gasteiger charge is -2.17. The van der Waals surface area contributed by atoms with E-state index in [0.29, 0.717) is 5.75 Å². The first kappa shape index (κ1) is 14.6. The van der Waals surface area contributed by atoms with Crippen LogP contribution in [-0.2, 0) is 9.59 Å². The van der Waals surface area contributed by atoms with E-state index in [9.17, 15) is 9.59 Å². The molecule has 0 saturated carbocycles. The van der Waals surface area contributed by atoms with Crippen LogP contribution in [0.4, 0.5) is 0 Å². The van der Waals surface area contributed by atoms with Gasteiger partial charge in [-0.3, -0.25) is 9.59 Å². The van der Waals surface area contributed by atoms with Crippen molar-refractivity contribution >= 4 is 23.6 Å². The molecule has 98 valence electrons. The Balaban J connectivity index is 2.80. The molecule has 0 saturated heterocycles. The molecule has 5 heteroatoms. The van der Waals surface area contributed by atoms with Crippen LogP contribution in [-0.4, -0.2) is 29.0 Å². The molecule has 0 fully saturated rings. The lowest BCUT2D eigenvalue weighted by molar-refractivity contribution is -0.137. The Morgan fingerprint density at radius 1 is 1.33 bits per heavy atom. The summed E-state index contributed by atoms with van der Waals surface area (Å²) in [5, 5.41) is 11.6. The number of rotatable bonds is 6. The van der Waals surface area contributed by atoms with Crippen LogP contribution < -0.4 is 5.32 Å². The zero-order valence-electron chi connectivity index (χ0n) is 10.5. The highest BCUT2D eigenvalue weighted by atomic mass is 32.2. The van der Waals surface area contributed by atoms with Gasteiger partial charge in [0.05, 0.1) is 18.2 Å². The Labute approximate surface area is 111 Å². The van der Waals surface area contributed by atoms with Gasteiger partial charge in [0, 0.05) is 0 Å². The summed E-state index contributed by atoms with van der Waals surface area (Å²) in [6.07, 6.45) is 1.72. The molecule has 0 aromatic heterocycles. The van der Waals surface area contributed by atoms with Crippen LogP contribution in [0.3, 0.4) is 0 Å². The standard InChI is InChI=1S/C13H17NO3S/c1-9-3-5-10(6-4-9)11(7-13(16)17)14-12(15)8-18-2/h3-6,11H,7-8H2,1-2H3,(H,14,15)(H,16,17). The molecule has 0 aliphatic rings. The number of aryl methyl sites for hydroxylation is 1. The average Bonchev–Trinajstić information content (AvgIpc) is 2.28. The normalized spacial score (nSPS) is 11.9. The molecule has 18 heavy (non-hydrogen) atoms. The summed E-state index contributed by atoms with van der Waals surface area (Å²) in [5.41, 5.74) is 1.92. The summed E-state index contributed by atoms with van der Waals surface area (Å²) in [7, 11) is 0. The maximum absolute atomic E-state index is 11.6. The Morgan fingerprint density at radius 3 is 2.44 bits per heavy atom. The average molecular weight is 267 g/mol. The van der Waals surface area contributed by atoms with E-state index in [-0.39, 0.29) is 12.3 Å². The fraction of sp³-hybridized carbons (Fsp3) is 0.385. The minimum atomic E-state index is -0.926. The zero-order chi connectivity index (χ0) is 13.5. The third kappa shape index (κ3) is 4.79. The second kappa shape index (κ2) is 7.06. The SMILES string of the molecule is CSCC(=O)NC(CC(=O)O)c1ccc(C)cc1. The van der Waals surface area contributed by atoms with Crippen LogP contribution >= 0.6 is 11.8 Å². The summed E-state index contributed by atoms with van der Waals surface area (Å²) in [5.74, 6) is -0.735. The second-order valence-corrected chi connectivity index (χ2v) is 4.93. The van der Waals surface area contributed by atoms with Gasteiger partial charge < -0.3 is 10.4 Å². The predicted molar refractivity (Wildman–Crippen MR) is 72.7 cm³/mol. The van der Waals surface area contributed by atoms with E-state index in [4.69, 9.17) is 5.11 Å². The summed E-state index contributed by atoms with van der Waals surface area (Å²) in [6, 6.07) is 7.04. The van der Waals surface area contributed by atoms with E-state index in [0.717, 1.165) is 11.1 Å². The van der Waals surface area contributed by atoms with Crippen molar-refractivity contribution in [3.05, 3.63) is 35.4 Å². The van der Waals surface area contributed by atoms with Gasteiger partial charge in [0.15, 0.2) is 0 Å². The zero-order valence-corrected chi connectivity index (χ0v) is 11.3. The maximum Gasteiger partial charge on any atom is 0.305 e. The number of carboxylic acid groups (broad SMARTS) is 1. The minimum Gasteiger partial charge on any atom is -0.481 e. The molecule has 0 spiro atoms. The van der Waals surface area contributed by atoms with Gasteiger partial charge in [-0.1, -0.05) is 29.8 Å². The Bertz CT molecular complexity index is 417. The molecule has 1 aromatic carbocycles. The Morgan fingerprint density at radius 2 is 1.94 bits per heavy atom. The van der Waals surface area contributed by atoms with E-state index in [1.807, 2.05) is 37.4 Å². The number of hydrogen-bond acceptors (Lipinski definition) is 3. The number of aliphatic carboxylic acids is 1. The highest BCUT2D eigenvalue weighted by Gasteiger charge is 2.17. The molecule has 0 aliphatic heterocycles. The third-order valence-corrected chi connectivity index (χ3v) is 3.02. The van der Waals surface area contributed by atoms with Crippen LogP contribution in [0.15, 0.2) is 24.3 Å². The quantitative estimate of drug-likeness (QED) is 0.827. The summed E-state index contributed by atoms with van der Waals surface area (Å²) >= 11 is 1.41. The number of carboxylic acids is 1. The second-order valence-electron chi connectivity index (χ2n) is 4.06. The molecular formula is C13H17NO3S. The first-order valence-electron chi connectivity index (χ1n) is 5.59. The van der Waals surface area contributed by atoms with Crippen LogP contribution in [0, 0.1) is 6.92 Å². The highest BCUT2D eigenvalue weighted by molar-refractivity contribution is 7.99. The molecular weight excluding hydrogens is 250 g/mol. The lowest BCUT2D eigenvalue weighted by Crippen LogP contribution is -2.31. The van der Waals surface area contributed by atoms with E-state index in [1.54, 1.807) is 0 Å².